The Bertz CT molecular complexity index is 314. The fraction of sp³-hybridized carbons (Fsp3) is 0.333. The highest BCUT2D eigenvalue weighted by Crippen LogP contribution is 1.78. The van der Waals surface area contributed by atoms with Gasteiger partial charge in [-0.1, -0.05) is 6.08 Å². The molecule has 0 aromatic carbocycles. The van der Waals surface area contributed by atoms with Crippen molar-refractivity contribution in [2.45, 2.75) is 13.5 Å². The molecule has 0 bridgehead atoms. The van der Waals surface area contributed by atoms with Crippen molar-refractivity contribution < 1.29 is 9.53 Å². The first kappa shape index (κ1) is 12.2. The van der Waals surface area contributed by atoms with Crippen molar-refractivity contribution in [2.75, 3.05) is 6.61 Å². The van der Waals surface area contributed by atoms with Crippen molar-refractivity contribution in [1.29, 1.82) is 0 Å². The number of H-pyrrole nitrogens is 1. The third-order valence-corrected chi connectivity index (χ3v) is 1.24. The molecule has 0 aliphatic heterocycles. The van der Waals surface area contributed by atoms with Gasteiger partial charge in [-0.15, -0.1) is 6.58 Å². The van der Waals surface area contributed by atoms with Gasteiger partial charge >= 0.3 is 5.69 Å². The van der Waals surface area contributed by atoms with Crippen LogP contribution >= 0.6 is 0 Å². The first-order valence-electron chi connectivity index (χ1n) is 4.12. The summed E-state index contributed by atoms with van der Waals surface area (Å²) >= 11 is 0. The Balaban J connectivity index is 0.000000500. The van der Waals surface area contributed by atoms with E-state index in [0.29, 0.717) is 13.0 Å². The van der Waals surface area contributed by atoms with E-state index >= 15 is 0 Å². The summed E-state index contributed by atoms with van der Waals surface area (Å²) in [5.74, 6) is 0. The van der Waals surface area contributed by atoms with E-state index in [1.165, 1.54) is 10.8 Å². The summed E-state index contributed by atoms with van der Waals surface area (Å²) in [6.45, 7) is 6.22. The lowest BCUT2D eigenvalue weighted by Gasteiger charge is -1.97. The van der Waals surface area contributed by atoms with Gasteiger partial charge in [-0.3, -0.25) is 9.36 Å². The molecule has 1 aromatic heterocycles. The van der Waals surface area contributed by atoms with Gasteiger partial charge in [0, 0.05) is 12.4 Å². The zero-order chi connectivity index (χ0) is 10.8. The average molecular weight is 198 g/mol. The number of nitrogens with zero attached hydrogens (tertiary/aromatic N) is 1. The van der Waals surface area contributed by atoms with Gasteiger partial charge in [0.05, 0.1) is 6.54 Å². The number of aromatic amines is 1. The zero-order valence-electron chi connectivity index (χ0n) is 8.10. The number of ether oxygens (including phenoxy) is 1. The highest BCUT2D eigenvalue weighted by molar-refractivity contribution is 5.36. The lowest BCUT2D eigenvalue weighted by molar-refractivity contribution is -0.128. The molecule has 0 saturated carbocycles. The van der Waals surface area contributed by atoms with Crippen molar-refractivity contribution >= 4 is 6.47 Å². The molecule has 1 rings (SSSR count). The predicted octanol–water partition coefficient (Wildman–Crippen LogP) is 0.542. The van der Waals surface area contributed by atoms with Crippen LogP contribution in [0.2, 0.25) is 0 Å². The van der Waals surface area contributed by atoms with Crippen LogP contribution in [0.15, 0.2) is 29.8 Å². The largest absolute Gasteiger partial charge is 0.466 e. The van der Waals surface area contributed by atoms with Crippen molar-refractivity contribution in [3.8, 4) is 0 Å². The molecule has 1 aromatic rings. The number of rotatable bonds is 4. The van der Waals surface area contributed by atoms with E-state index in [1.807, 2.05) is 6.92 Å². The number of allylic oxidation sites excluding steroid dienone is 1. The Labute approximate surface area is 82.0 Å². The molecular weight excluding hydrogens is 184 g/mol. The Morgan fingerprint density at radius 3 is 2.79 bits per heavy atom. The topological polar surface area (TPSA) is 64.1 Å². The van der Waals surface area contributed by atoms with E-state index in [1.54, 1.807) is 12.3 Å². The van der Waals surface area contributed by atoms with E-state index in [9.17, 15) is 9.59 Å². The number of nitrogens with one attached hydrogen (secondary N) is 1. The Morgan fingerprint density at radius 2 is 2.36 bits per heavy atom. The van der Waals surface area contributed by atoms with Crippen LogP contribution in [-0.2, 0) is 16.1 Å². The monoisotopic (exact) mass is 198 g/mol. The van der Waals surface area contributed by atoms with Crippen LogP contribution < -0.4 is 5.69 Å². The number of hydrogen-bond donors (Lipinski definition) is 1. The molecule has 14 heavy (non-hydrogen) atoms. The maximum Gasteiger partial charge on any atom is 0.325 e. The maximum atomic E-state index is 10.8. The van der Waals surface area contributed by atoms with Gasteiger partial charge in [0.1, 0.15) is 6.61 Å². The standard InChI is InChI=1S/C6H8N2O3.C3H6/c9-5-11-4-3-8-2-1-7-6(8)10;1-3-2/h1-2,5H,3-4H2,(H,7,10);3H,1H2,2H3. The van der Waals surface area contributed by atoms with E-state index in [4.69, 9.17) is 0 Å². The van der Waals surface area contributed by atoms with Crippen LogP contribution in [0.4, 0.5) is 0 Å². The first-order valence-corrected chi connectivity index (χ1v) is 4.12. The molecule has 5 nitrogen and oxygen atoms in total. The minimum atomic E-state index is -0.195. The molecule has 0 fully saturated rings. The molecule has 0 aliphatic rings. The summed E-state index contributed by atoms with van der Waals surface area (Å²) in [4.78, 5) is 22.9. The van der Waals surface area contributed by atoms with E-state index in [2.05, 4.69) is 16.3 Å². The van der Waals surface area contributed by atoms with Crippen molar-refractivity contribution in [2.24, 2.45) is 0 Å². The van der Waals surface area contributed by atoms with Crippen LogP contribution in [0.5, 0.6) is 0 Å². The normalized spacial score (nSPS) is 8.36. The molecule has 0 atom stereocenters. The molecule has 0 amide bonds. The van der Waals surface area contributed by atoms with Gasteiger partial charge < -0.3 is 9.72 Å². The fourth-order valence-corrected chi connectivity index (χ4v) is 0.724. The highest BCUT2D eigenvalue weighted by atomic mass is 16.5. The Kier molecular flexibility index (Phi) is 6.85. The summed E-state index contributed by atoms with van der Waals surface area (Å²) in [7, 11) is 0. The molecule has 0 spiro atoms. The molecule has 1 N–H and O–H groups in total. The van der Waals surface area contributed by atoms with Gasteiger partial charge in [-0.25, -0.2) is 4.79 Å². The predicted molar refractivity (Wildman–Crippen MR) is 52.9 cm³/mol. The smallest absolute Gasteiger partial charge is 0.325 e. The second-order valence-corrected chi connectivity index (χ2v) is 2.33. The molecule has 0 radical (unpaired) electrons. The lowest BCUT2D eigenvalue weighted by Crippen LogP contribution is -2.18. The number of hydrogen-bond acceptors (Lipinski definition) is 3. The van der Waals surface area contributed by atoms with Gasteiger partial charge in [0.25, 0.3) is 6.47 Å². The number of aromatic nitrogens is 2. The minimum Gasteiger partial charge on any atom is -0.466 e. The SMILES string of the molecule is C=CC.O=COCCn1cc[nH]c1=O. The van der Waals surface area contributed by atoms with Gasteiger partial charge in [0.2, 0.25) is 0 Å². The van der Waals surface area contributed by atoms with Crippen LogP contribution in [0.1, 0.15) is 6.92 Å². The summed E-state index contributed by atoms with van der Waals surface area (Å²) < 4.78 is 5.83. The number of imidazole rings is 1. The Hall–Kier alpha value is -1.78. The average Bonchev–Trinajstić information content (AvgIpc) is 2.54. The van der Waals surface area contributed by atoms with Crippen molar-refractivity contribution in [3.05, 3.63) is 35.5 Å². The summed E-state index contributed by atoms with van der Waals surface area (Å²) in [6, 6.07) is 0. The van der Waals surface area contributed by atoms with Gasteiger partial charge in [-0.2, -0.15) is 0 Å². The van der Waals surface area contributed by atoms with Crippen molar-refractivity contribution in [1.82, 2.24) is 9.55 Å². The van der Waals surface area contributed by atoms with Gasteiger partial charge in [-0.05, 0) is 6.92 Å². The van der Waals surface area contributed by atoms with Crippen LogP contribution in [0.3, 0.4) is 0 Å². The van der Waals surface area contributed by atoms with E-state index < -0.39 is 0 Å². The third kappa shape index (κ3) is 4.97. The minimum absolute atomic E-state index is 0.195. The van der Waals surface area contributed by atoms with Crippen LogP contribution in [0, 0.1) is 0 Å². The first-order chi connectivity index (χ1) is 6.76. The van der Waals surface area contributed by atoms with E-state index in [0.717, 1.165) is 0 Å². The summed E-state index contributed by atoms with van der Waals surface area (Å²) in [5, 5.41) is 0. The summed E-state index contributed by atoms with van der Waals surface area (Å²) in [5.41, 5.74) is -0.195. The second-order valence-electron chi connectivity index (χ2n) is 2.33. The maximum absolute atomic E-state index is 10.8. The lowest BCUT2D eigenvalue weighted by atomic mass is 10.7. The second kappa shape index (κ2) is 7.85. The number of carbonyl (C=O) groups excluding carboxylic acids is 1. The molecule has 5 heteroatoms. The number of carbonyl (C=O) groups is 1. The fourth-order valence-electron chi connectivity index (χ4n) is 0.724. The third-order valence-electron chi connectivity index (χ3n) is 1.24. The molecule has 78 valence electrons. The highest BCUT2D eigenvalue weighted by Gasteiger charge is 1.93. The van der Waals surface area contributed by atoms with Crippen molar-refractivity contribution in [3.63, 3.8) is 0 Å². The van der Waals surface area contributed by atoms with Crippen LogP contribution in [-0.4, -0.2) is 22.6 Å². The summed E-state index contributed by atoms with van der Waals surface area (Å²) in [6.07, 6.45) is 4.87. The van der Waals surface area contributed by atoms with Gasteiger partial charge in [0.15, 0.2) is 0 Å². The Morgan fingerprint density at radius 1 is 1.71 bits per heavy atom. The van der Waals surface area contributed by atoms with E-state index in [-0.39, 0.29) is 12.3 Å². The molecular formula is C9H14N2O3. The zero-order valence-corrected chi connectivity index (χ0v) is 8.10. The molecule has 0 saturated heterocycles. The molecule has 0 aliphatic carbocycles. The quantitative estimate of drug-likeness (QED) is 0.436. The molecule has 0 unspecified atom stereocenters. The van der Waals surface area contributed by atoms with Crippen LogP contribution in [0.25, 0.3) is 0 Å². The molecule has 1 heterocycles.